The number of aromatic nitrogens is 1. The first kappa shape index (κ1) is 17.0. The summed E-state index contributed by atoms with van der Waals surface area (Å²) in [5.74, 6) is 0. The topological polar surface area (TPSA) is 65.5 Å². The normalized spacial score (nSPS) is 11.8. The number of rotatable bonds is 6. The van der Waals surface area contributed by atoms with E-state index in [1.807, 2.05) is 25.1 Å². The lowest BCUT2D eigenvalue weighted by molar-refractivity contribution is 0.187. The molecule has 0 aliphatic heterocycles. The van der Waals surface area contributed by atoms with Crippen LogP contribution in [-0.4, -0.2) is 41.2 Å². The van der Waals surface area contributed by atoms with Crippen LogP contribution in [0.1, 0.15) is 22.9 Å². The highest BCUT2D eigenvalue weighted by Gasteiger charge is 2.18. The minimum absolute atomic E-state index is 0.0594. The van der Waals surface area contributed by atoms with Crippen LogP contribution in [0.5, 0.6) is 0 Å². The molecule has 0 bridgehead atoms. The van der Waals surface area contributed by atoms with Gasteiger partial charge in [-0.15, -0.1) is 0 Å². The number of hydrogen-bond donors (Lipinski definition) is 2. The van der Waals surface area contributed by atoms with Crippen molar-refractivity contribution >= 4 is 6.03 Å². The summed E-state index contributed by atoms with van der Waals surface area (Å²) >= 11 is 0. The van der Waals surface area contributed by atoms with Crippen LogP contribution in [0, 0.1) is 6.92 Å². The first-order chi connectivity index (χ1) is 11.1. The number of aliphatic hydroxyl groups is 1. The smallest absolute Gasteiger partial charge is 0.317 e. The number of nitrogens with zero attached hydrogens (tertiary/aromatic N) is 2. The van der Waals surface area contributed by atoms with Gasteiger partial charge >= 0.3 is 6.03 Å². The van der Waals surface area contributed by atoms with Crippen molar-refractivity contribution in [3.8, 4) is 0 Å². The van der Waals surface area contributed by atoms with Crippen LogP contribution in [0.2, 0.25) is 0 Å². The molecule has 2 amide bonds. The molecule has 1 unspecified atom stereocenters. The molecule has 122 valence electrons. The predicted octanol–water partition coefficient (Wildman–Crippen LogP) is 2.31. The Hall–Kier alpha value is -2.40. The molecule has 0 radical (unpaired) electrons. The standard InChI is InChI=1S/C18H23N3O2/c1-14-6-8-15(9-7-14)13-17(16-5-3-4-10-19-16)20-18(23)21(2)11-12-22/h3-10,17,22H,11-13H2,1-2H3,(H,20,23). The van der Waals surface area contributed by atoms with E-state index in [4.69, 9.17) is 5.11 Å². The Morgan fingerprint density at radius 2 is 2.00 bits per heavy atom. The number of carbonyl (C=O) groups is 1. The molecule has 2 N–H and O–H groups in total. The molecule has 23 heavy (non-hydrogen) atoms. The number of likely N-dealkylation sites (N-methyl/N-ethyl adjacent to an activating group) is 1. The van der Waals surface area contributed by atoms with E-state index in [-0.39, 0.29) is 18.7 Å². The van der Waals surface area contributed by atoms with Crippen LogP contribution in [0.4, 0.5) is 4.79 Å². The van der Waals surface area contributed by atoms with E-state index in [2.05, 4.69) is 34.6 Å². The maximum Gasteiger partial charge on any atom is 0.317 e. The minimum Gasteiger partial charge on any atom is -0.395 e. The predicted molar refractivity (Wildman–Crippen MR) is 90.1 cm³/mol. The lowest BCUT2D eigenvalue weighted by atomic mass is 10.0. The second-order valence-corrected chi connectivity index (χ2v) is 5.59. The van der Waals surface area contributed by atoms with Gasteiger partial charge in [0.25, 0.3) is 0 Å². The molecule has 0 saturated carbocycles. The van der Waals surface area contributed by atoms with Gasteiger partial charge in [-0.3, -0.25) is 4.98 Å². The highest BCUT2D eigenvalue weighted by Crippen LogP contribution is 2.17. The number of hydrogen-bond acceptors (Lipinski definition) is 3. The van der Waals surface area contributed by atoms with Crippen molar-refractivity contribution in [2.45, 2.75) is 19.4 Å². The monoisotopic (exact) mass is 313 g/mol. The summed E-state index contributed by atoms with van der Waals surface area (Å²) in [5, 5.41) is 12.0. The second kappa shape index (κ2) is 8.29. The van der Waals surface area contributed by atoms with Gasteiger partial charge in [0, 0.05) is 19.8 Å². The molecule has 0 spiro atoms. The zero-order valence-corrected chi connectivity index (χ0v) is 13.6. The highest BCUT2D eigenvalue weighted by atomic mass is 16.3. The summed E-state index contributed by atoms with van der Waals surface area (Å²) in [6.45, 7) is 2.28. The summed E-state index contributed by atoms with van der Waals surface area (Å²) < 4.78 is 0. The quantitative estimate of drug-likeness (QED) is 0.860. The summed E-state index contributed by atoms with van der Waals surface area (Å²) in [6.07, 6.45) is 2.39. The third kappa shape index (κ3) is 5.07. The Balaban J connectivity index is 2.15. The zero-order valence-electron chi connectivity index (χ0n) is 13.6. The van der Waals surface area contributed by atoms with Crippen molar-refractivity contribution in [1.29, 1.82) is 0 Å². The molecule has 5 nitrogen and oxygen atoms in total. The molecule has 2 aromatic rings. The number of aliphatic hydroxyl groups excluding tert-OH is 1. The number of aryl methyl sites for hydroxylation is 1. The van der Waals surface area contributed by atoms with Gasteiger partial charge < -0.3 is 15.3 Å². The maximum absolute atomic E-state index is 12.2. The highest BCUT2D eigenvalue weighted by molar-refractivity contribution is 5.74. The van der Waals surface area contributed by atoms with Gasteiger partial charge in [-0.25, -0.2) is 4.79 Å². The van der Waals surface area contributed by atoms with Crippen molar-refractivity contribution in [2.24, 2.45) is 0 Å². The van der Waals surface area contributed by atoms with Crippen molar-refractivity contribution in [2.75, 3.05) is 20.2 Å². The van der Waals surface area contributed by atoms with Gasteiger partial charge in [-0.2, -0.15) is 0 Å². The SMILES string of the molecule is Cc1ccc(CC(NC(=O)N(C)CCO)c2ccccn2)cc1. The molecule has 0 fully saturated rings. The number of benzene rings is 1. The Morgan fingerprint density at radius 3 is 2.61 bits per heavy atom. The lowest BCUT2D eigenvalue weighted by Gasteiger charge is -2.23. The minimum atomic E-state index is -0.221. The van der Waals surface area contributed by atoms with E-state index in [9.17, 15) is 4.79 Å². The van der Waals surface area contributed by atoms with Gasteiger partial charge in [0.15, 0.2) is 0 Å². The Kier molecular flexibility index (Phi) is 6.11. The van der Waals surface area contributed by atoms with E-state index in [1.54, 1.807) is 13.2 Å². The van der Waals surface area contributed by atoms with E-state index in [1.165, 1.54) is 10.5 Å². The molecule has 2 rings (SSSR count). The average Bonchev–Trinajstić information content (AvgIpc) is 2.57. The molecule has 5 heteroatoms. The fraction of sp³-hybridized carbons (Fsp3) is 0.333. The second-order valence-electron chi connectivity index (χ2n) is 5.59. The van der Waals surface area contributed by atoms with Crippen LogP contribution < -0.4 is 5.32 Å². The fourth-order valence-electron chi connectivity index (χ4n) is 2.28. The van der Waals surface area contributed by atoms with E-state index in [0.29, 0.717) is 13.0 Å². The van der Waals surface area contributed by atoms with Crippen molar-refractivity contribution < 1.29 is 9.90 Å². The number of urea groups is 1. The molecule has 1 heterocycles. The van der Waals surface area contributed by atoms with Crippen molar-refractivity contribution in [1.82, 2.24) is 15.2 Å². The Bertz CT molecular complexity index is 614. The third-order valence-corrected chi connectivity index (χ3v) is 3.69. The fourth-order valence-corrected chi connectivity index (χ4v) is 2.28. The summed E-state index contributed by atoms with van der Waals surface area (Å²) in [4.78, 5) is 18.1. The number of carbonyl (C=O) groups excluding carboxylic acids is 1. The van der Waals surface area contributed by atoms with Gasteiger partial charge in [-0.05, 0) is 31.0 Å². The van der Waals surface area contributed by atoms with Gasteiger partial charge in [0.2, 0.25) is 0 Å². The molecule has 0 aliphatic rings. The van der Waals surface area contributed by atoms with Crippen LogP contribution in [-0.2, 0) is 6.42 Å². The molecule has 0 aliphatic carbocycles. The molecule has 1 aromatic carbocycles. The van der Waals surface area contributed by atoms with Crippen LogP contribution in [0.25, 0.3) is 0 Å². The molecular weight excluding hydrogens is 290 g/mol. The maximum atomic E-state index is 12.2. The van der Waals surface area contributed by atoms with Gasteiger partial charge in [-0.1, -0.05) is 35.9 Å². The van der Waals surface area contributed by atoms with Crippen LogP contribution in [0.3, 0.4) is 0 Å². The molecular formula is C18H23N3O2. The molecule has 1 aromatic heterocycles. The summed E-state index contributed by atoms with van der Waals surface area (Å²) in [6, 6.07) is 13.5. The van der Waals surface area contributed by atoms with Crippen LogP contribution >= 0.6 is 0 Å². The number of nitrogens with one attached hydrogen (secondary N) is 1. The average molecular weight is 313 g/mol. The van der Waals surface area contributed by atoms with E-state index >= 15 is 0 Å². The van der Waals surface area contributed by atoms with Crippen LogP contribution in [0.15, 0.2) is 48.7 Å². The molecule has 1 atom stereocenters. The molecule has 0 saturated heterocycles. The van der Waals surface area contributed by atoms with Gasteiger partial charge in [0.1, 0.15) is 0 Å². The first-order valence-corrected chi connectivity index (χ1v) is 7.69. The first-order valence-electron chi connectivity index (χ1n) is 7.69. The van der Waals surface area contributed by atoms with Crippen molar-refractivity contribution in [3.63, 3.8) is 0 Å². The lowest BCUT2D eigenvalue weighted by Crippen LogP contribution is -2.41. The third-order valence-electron chi connectivity index (χ3n) is 3.69. The largest absolute Gasteiger partial charge is 0.395 e. The number of amides is 2. The summed E-state index contributed by atoms with van der Waals surface area (Å²) in [5.41, 5.74) is 3.16. The summed E-state index contributed by atoms with van der Waals surface area (Å²) in [7, 11) is 1.66. The van der Waals surface area contributed by atoms with Crippen molar-refractivity contribution in [3.05, 3.63) is 65.5 Å². The number of pyridine rings is 1. The van der Waals surface area contributed by atoms with E-state index < -0.39 is 0 Å². The Morgan fingerprint density at radius 1 is 1.26 bits per heavy atom. The Labute approximate surface area is 137 Å². The zero-order chi connectivity index (χ0) is 16.7. The van der Waals surface area contributed by atoms with E-state index in [0.717, 1.165) is 11.3 Å². The van der Waals surface area contributed by atoms with Gasteiger partial charge in [0.05, 0.1) is 18.3 Å².